The van der Waals surface area contributed by atoms with Gasteiger partial charge in [0.25, 0.3) is 0 Å². The fourth-order valence-electron chi connectivity index (χ4n) is 1.54. The third kappa shape index (κ3) is 2.68. The van der Waals surface area contributed by atoms with E-state index < -0.39 is 12.1 Å². The third-order valence-electron chi connectivity index (χ3n) is 2.38. The molecular formula is C12H16O5. The lowest BCUT2D eigenvalue weighted by Crippen LogP contribution is -2.06. The van der Waals surface area contributed by atoms with Crippen LogP contribution in [0.1, 0.15) is 28.9 Å². The highest BCUT2D eigenvalue weighted by atomic mass is 16.5. The summed E-state index contributed by atoms with van der Waals surface area (Å²) in [6.45, 7) is 1.58. The van der Waals surface area contributed by atoms with Crippen LogP contribution in [0.2, 0.25) is 0 Å². The number of rotatable bonds is 4. The molecule has 0 saturated heterocycles. The van der Waals surface area contributed by atoms with E-state index in [-0.39, 0.29) is 0 Å². The van der Waals surface area contributed by atoms with Crippen molar-refractivity contribution in [2.45, 2.75) is 13.0 Å². The summed E-state index contributed by atoms with van der Waals surface area (Å²) in [6, 6.07) is 3.04. The minimum absolute atomic E-state index is 0.307. The van der Waals surface area contributed by atoms with Gasteiger partial charge in [0, 0.05) is 5.56 Å². The highest BCUT2D eigenvalue weighted by Gasteiger charge is 2.19. The number of carbonyl (C=O) groups excluding carboxylic acids is 1. The van der Waals surface area contributed by atoms with E-state index in [0.29, 0.717) is 22.6 Å². The van der Waals surface area contributed by atoms with Crippen molar-refractivity contribution in [3.8, 4) is 11.5 Å². The molecule has 0 spiro atoms. The Balaban J connectivity index is 3.40. The van der Waals surface area contributed by atoms with Crippen molar-refractivity contribution in [3.63, 3.8) is 0 Å². The number of aliphatic hydroxyl groups is 1. The van der Waals surface area contributed by atoms with Crippen LogP contribution in [0.4, 0.5) is 0 Å². The van der Waals surface area contributed by atoms with Gasteiger partial charge in [0.15, 0.2) is 11.5 Å². The zero-order valence-corrected chi connectivity index (χ0v) is 10.3. The fraction of sp³-hybridized carbons (Fsp3) is 0.417. The topological polar surface area (TPSA) is 65.0 Å². The molecule has 0 aliphatic rings. The average Bonchev–Trinajstić information content (AvgIpc) is 2.35. The number of aliphatic hydroxyl groups excluding tert-OH is 1. The molecule has 0 amide bonds. The summed E-state index contributed by atoms with van der Waals surface area (Å²) in [5.74, 6) is 0.300. The molecule has 5 heteroatoms. The van der Waals surface area contributed by atoms with E-state index in [0.717, 1.165) is 0 Å². The summed E-state index contributed by atoms with van der Waals surface area (Å²) in [6.07, 6.45) is -0.775. The Morgan fingerprint density at radius 3 is 2.29 bits per heavy atom. The highest BCUT2D eigenvalue weighted by molar-refractivity contribution is 5.90. The first-order valence-electron chi connectivity index (χ1n) is 5.07. The van der Waals surface area contributed by atoms with Gasteiger partial charge in [-0.2, -0.15) is 0 Å². The van der Waals surface area contributed by atoms with Crippen LogP contribution in [0.3, 0.4) is 0 Å². The second kappa shape index (κ2) is 5.54. The first-order chi connectivity index (χ1) is 8.04. The molecule has 0 heterocycles. The first kappa shape index (κ1) is 13.3. The van der Waals surface area contributed by atoms with E-state index in [1.807, 2.05) is 0 Å². The van der Waals surface area contributed by atoms with Crippen molar-refractivity contribution in [3.05, 3.63) is 23.3 Å². The summed E-state index contributed by atoms with van der Waals surface area (Å²) in [7, 11) is 4.23. The van der Waals surface area contributed by atoms with Crippen molar-refractivity contribution in [2.75, 3.05) is 21.3 Å². The maximum Gasteiger partial charge on any atom is 0.337 e. The lowest BCUT2D eigenvalue weighted by atomic mass is 10.0. The van der Waals surface area contributed by atoms with Gasteiger partial charge >= 0.3 is 5.97 Å². The van der Waals surface area contributed by atoms with Crippen molar-refractivity contribution >= 4 is 5.97 Å². The smallest absolute Gasteiger partial charge is 0.337 e. The summed E-state index contributed by atoms with van der Waals surface area (Å²) >= 11 is 0. The van der Waals surface area contributed by atoms with Crippen LogP contribution in [0.25, 0.3) is 0 Å². The fourth-order valence-corrected chi connectivity index (χ4v) is 1.54. The summed E-state index contributed by atoms with van der Waals surface area (Å²) in [5.41, 5.74) is 0.785. The highest BCUT2D eigenvalue weighted by Crippen LogP contribution is 2.36. The molecular weight excluding hydrogens is 224 g/mol. The quantitative estimate of drug-likeness (QED) is 0.809. The SMILES string of the molecule is COC(=O)c1cc(OC)c(OC)c(C(C)O)c1. The van der Waals surface area contributed by atoms with Gasteiger partial charge in [-0.1, -0.05) is 0 Å². The summed E-state index contributed by atoms with van der Waals surface area (Å²) in [4.78, 5) is 11.5. The number of benzene rings is 1. The number of carbonyl (C=O) groups is 1. The number of ether oxygens (including phenoxy) is 3. The molecule has 0 fully saturated rings. The number of hydrogen-bond donors (Lipinski definition) is 1. The van der Waals surface area contributed by atoms with E-state index in [2.05, 4.69) is 4.74 Å². The lowest BCUT2D eigenvalue weighted by Gasteiger charge is -2.16. The van der Waals surface area contributed by atoms with Gasteiger partial charge in [-0.15, -0.1) is 0 Å². The molecule has 1 rings (SSSR count). The summed E-state index contributed by atoms with van der Waals surface area (Å²) < 4.78 is 14.9. The second-order valence-corrected chi connectivity index (χ2v) is 3.47. The van der Waals surface area contributed by atoms with Crippen LogP contribution >= 0.6 is 0 Å². The molecule has 1 N–H and O–H groups in total. The van der Waals surface area contributed by atoms with Crippen LogP contribution < -0.4 is 9.47 Å². The molecule has 5 nitrogen and oxygen atoms in total. The average molecular weight is 240 g/mol. The second-order valence-electron chi connectivity index (χ2n) is 3.47. The molecule has 1 unspecified atom stereocenters. The van der Waals surface area contributed by atoms with E-state index in [9.17, 15) is 9.90 Å². The Hall–Kier alpha value is -1.75. The number of esters is 1. The Labute approximate surface area is 99.9 Å². The maximum absolute atomic E-state index is 11.5. The maximum atomic E-state index is 11.5. The minimum Gasteiger partial charge on any atom is -0.493 e. The minimum atomic E-state index is -0.775. The third-order valence-corrected chi connectivity index (χ3v) is 2.38. The number of hydrogen-bond acceptors (Lipinski definition) is 5. The van der Waals surface area contributed by atoms with E-state index in [4.69, 9.17) is 9.47 Å². The molecule has 1 atom stereocenters. The predicted molar refractivity (Wildman–Crippen MR) is 61.5 cm³/mol. The van der Waals surface area contributed by atoms with Gasteiger partial charge in [0.2, 0.25) is 0 Å². The van der Waals surface area contributed by atoms with Crippen LogP contribution in [0.5, 0.6) is 11.5 Å². The molecule has 94 valence electrons. The number of methoxy groups -OCH3 is 3. The standard InChI is InChI=1S/C12H16O5/c1-7(13)9-5-8(12(14)17-4)6-10(15-2)11(9)16-3/h5-7,13H,1-4H3. The van der Waals surface area contributed by atoms with Gasteiger partial charge in [-0.3, -0.25) is 0 Å². The zero-order chi connectivity index (χ0) is 13.0. The molecule has 1 aromatic rings. The van der Waals surface area contributed by atoms with Crippen LogP contribution in [-0.2, 0) is 4.74 Å². The molecule has 0 bridgehead atoms. The van der Waals surface area contributed by atoms with E-state index in [1.165, 1.54) is 33.5 Å². The first-order valence-corrected chi connectivity index (χ1v) is 5.07. The Morgan fingerprint density at radius 1 is 1.24 bits per heavy atom. The molecule has 0 radical (unpaired) electrons. The molecule has 0 aromatic heterocycles. The largest absolute Gasteiger partial charge is 0.493 e. The molecule has 0 aliphatic carbocycles. The van der Waals surface area contributed by atoms with Crippen LogP contribution in [0.15, 0.2) is 12.1 Å². The van der Waals surface area contributed by atoms with Crippen molar-refractivity contribution < 1.29 is 24.1 Å². The Bertz CT molecular complexity index is 412. The van der Waals surface area contributed by atoms with Crippen molar-refractivity contribution in [2.24, 2.45) is 0 Å². The summed E-state index contributed by atoms with van der Waals surface area (Å²) in [5, 5.41) is 9.65. The van der Waals surface area contributed by atoms with Gasteiger partial charge in [0.1, 0.15) is 0 Å². The molecule has 0 saturated carbocycles. The van der Waals surface area contributed by atoms with Crippen LogP contribution in [0, 0.1) is 0 Å². The Kier molecular flexibility index (Phi) is 4.34. The van der Waals surface area contributed by atoms with Gasteiger partial charge < -0.3 is 19.3 Å². The molecule has 1 aromatic carbocycles. The lowest BCUT2D eigenvalue weighted by molar-refractivity contribution is 0.0600. The van der Waals surface area contributed by atoms with E-state index in [1.54, 1.807) is 6.92 Å². The van der Waals surface area contributed by atoms with Crippen molar-refractivity contribution in [1.29, 1.82) is 0 Å². The molecule has 0 aliphatic heterocycles. The van der Waals surface area contributed by atoms with Crippen molar-refractivity contribution in [1.82, 2.24) is 0 Å². The zero-order valence-electron chi connectivity index (χ0n) is 10.3. The monoisotopic (exact) mass is 240 g/mol. The van der Waals surface area contributed by atoms with E-state index >= 15 is 0 Å². The van der Waals surface area contributed by atoms with Gasteiger partial charge in [-0.05, 0) is 19.1 Å². The van der Waals surface area contributed by atoms with Crippen LogP contribution in [-0.4, -0.2) is 32.4 Å². The molecule has 17 heavy (non-hydrogen) atoms. The normalized spacial score (nSPS) is 11.8. The van der Waals surface area contributed by atoms with Gasteiger partial charge in [0.05, 0.1) is 33.0 Å². The Morgan fingerprint density at radius 2 is 1.88 bits per heavy atom. The predicted octanol–water partition coefficient (Wildman–Crippen LogP) is 1.54. The van der Waals surface area contributed by atoms with Gasteiger partial charge in [-0.25, -0.2) is 4.79 Å².